The Morgan fingerprint density at radius 3 is 2.44 bits per heavy atom. The zero-order valence-electron chi connectivity index (χ0n) is 20.8. The molecule has 1 aliphatic heterocycles. The molecule has 2 fully saturated rings. The largest absolute Gasteiger partial charge is 0.452 e. The van der Waals surface area contributed by atoms with Gasteiger partial charge in [0.2, 0.25) is 11.8 Å². The number of rotatable bonds is 7. The minimum Gasteiger partial charge on any atom is -0.452 e. The van der Waals surface area contributed by atoms with E-state index in [4.69, 9.17) is 4.74 Å². The maximum Gasteiger partial charge on any atom is 0.338 e. The van der Waals surface area contributed by atoms with Crippen LogP contribution < -0.4 is 10.2 Å². The van der Waals surface area contributed by atoms with Crippen LogP contribution in [0.3, 0.4) is 0 Å². The topological polar surface area (TPSA) is 136 Å². The summed E-state index contributed by atoms with van der Waals surface area (Å²) in [5, 5.41) is 13.3. The monoisotopic (exact) mass is 527 g/mol. The Morgan fingerprint density at radius 2 is 1.67 bits per heavy atom. The SMILES string of the molecule is O=C(COC(=O)c1cccc(N2C(=O)[C@@H]3CC[C@@H](c4ccccc4)C[C@H]3C2=O)c1)Nc1cccc([N+](=O)[O-])c1. The molecule has 39 heavy (non-hydrogen) atoms. The Balaban J connectivity index is 1.23. The van der Waals surface area contributed by atoms with Gasteiger partial charge < -0.3 is 10.1 Å². The van der Waals surface area contributed by atoms with Crippen molar-refractivity contribution in [1.82, 2.24) is 0 Å². The number of fused-ring (bicyclic) bond motifs is 1. The number of nitrogens with one attached hydrogen (secondary N) is 1. The fourth-order valence-electron chi connectivity index (χ4n) is 5.34. The zero-order chi connectivity index (χ0) is 27.5. The van der Waals surface area contributed by atoms with E-state index in [1.807, 2.05) is 30.3 Å². The molecule has 0 unspecified atom stereocenters. The summed E-state index contributed by atoms with van der Waals surface area (Å²) in [5.74, 6) is -2.62. The summed E-state index contributed by atoms with van der Waals surface area (Å²) >= 11 is 0. The summed E-state index contributed by atoms with van der Waals surface area (Å²) in [6.45, 7) is -0.627. The summed E-state index contributed by atoms with van der Waals surface area (Å²) in [6.07, 6.45) is 2.03. The lowest BCUT2D eigenvalue weighted by atomic mass is 9.73. The quantitative estimate of drug-likeness (QED) is 0.207. The van der Waals surface area contributed by atoms with Crippen LogP contribution in [0.1, 0.15) is 41.1 Å². The van der Waals surface area contributed by atoms with Crippen LogP contribution in [0.25, 0.3) is 0 Å². The van der Waals surface area contributed by atoms with Crippen molar-refractivity contribution < 1.29 is 28.8 Å². The second-order valence-corrected chi connectivity index (χ2v) is 9.63. The van der Waals surface area contributed by atoms with Crippen molar-refractivity contribution in [2.24, 2.45) is 11.8 Å². The molecular weight excluding hydrogens is 502 g/mol. The van der Waals surface area contributed by atoms with E-state index in [-0.39, 0.29) is 46.3 Å². The van der Waals surface area contributed by atoms with E-state index < -0.39 is 29.3 Å². The number of benzene rings is 3. The summed E-state index contributed by atoms with van der Waals surface area (Å²) in [5.41, 5.74) is 1.52. The number of nitro benzene ring substituents is 1. The smallest absolute Gasteiger partial charge is 0.338 e. The summed E-state index contributed by atoms with van der Waals surface area (Å²) in [6, 6.07) is 21.4. The maximum atomic E-state index is 13.4. The van der Waals surface area contributed by atoms with Crippen molar-refractivity contribution in [3.05, 3.63) is 100 Å². The molecule has 3 aromatic carbocycles. The van der Waals surface area contributed by atoms with Crippen molar-refractivity contribution >= 4 is 40.8 Å². The number of amides is 3. The van der Waals surface area contributed by atoms with Crippen LogP contribution in [-0.4, -0.2) is 35.2 Å². The summed E-state index contributed by atoms with van der Waals surface area (Å²) in [7, 11) is 0. The molecule has 1 saturated heterocycles. The number of imide groups is 1. The third kappa shape index (κ3) is 5.40. The van der Waals surface area contributed by atoms with Crippen LogP contribution >= 0.6 is 0 Å². The molecule has 10 nitrogen and oxygen atoms in total. The first-order chi connectivity index (χ1) is 18.8. The Kier molecular flexibility index (Phi) is 7.18. The number of anilines is 2. The van der Waals surface area contributed by atoms with Crippen LogP contribution in [0.4, 0.5) is 17.1 Å². The number of non-ortho nitro benzene ring substituents is 1. The van der Waals surface area contributed by atoms with Gasteiger partial charge in [0.05, 0.1) is 28.0 Å². The lowest BCUT2D eigenvalue weighted by Crippen LogP contribution is -2.31. The highest BCUT2D eigenvalue weighted by atomic mass is 16.6. The standard InChI is InChI=1S/C29H25N3O7/c33-26(30-21-9-5-11-23(16-21)32(37)38)17-39-29(36)20-8-4-10-22(14-20)31-27(34)24-13-12-19(15-25(24)28(31)35)18-6-2-1-3-7-18/h1-11,14,16,19,24-25H,12-13,15,17H2,(H,30,33)/t19-,24-,25-/m1/s1. The first-order valence-corrected chi connectivity index (χ1v) is 12.6. The lowest BCUT2D eigenvalue weighted by molar-refractivity contribution is -0.384. The minimum atomic E-state index is -0.813. The van der Waals surface area contributed by atoms with Gasteiger partial charge in [-0.3, -0.25) is 29.4 Å². The third-order valence-electron chi connectivity index (χ3n) is 7.21. The van der Waals surface area contributed by atoms with Crippen LogP contribution in [0, 0.1) is 22.0 Å². The number of carbonyl (C=O) groups excluding carboxylic acids is 4. The highest BCUT2D eigenvalue weighted by Crippen LogP contribution is 2.45. The molecular formula is C29H25N3O7. The molecule has 10 heteroatoms. The zero-order valence-corrected chi connectivity index (χ0v) is 20.8. The number of nitro groups is 1. The summed E-state index contributed by atoms with van der Waals surface area (Å²) in [4.78, 5) is 62.9. The van der Waals surface area contributed by atoms with E-state index in [1.165, 1.54) is 36.4 Å². The first kappa shape index (κ1) is 25.8. The predicted octanol–water partition coefficient (Wildman–Crippen LogP) is 4.46. The Labute approximate surface area is 223 Å². The van der Waals surface area contributed by atoms with Crippen molar-refractivity contribution in [3.8, 4) is 0 Å². The van der Waals surface area contributed by atoms with Gasteiger partial charge in [-0.2, -0.15) is 0 Å². The highest BCUT2D eigenvalue weighted by Gasteiger charge is 2.50. The molecule has 2 aliphatic rings. The molecule has 0 radical (unpaired) electrons. The first-order valence-electron chi connectivity index (χ1n) is 12.6. The Hall–Kier alpha value is -4.86. The van der Waals surface area contributed by atoms with Crippen LogP contribution in [0.2, 0.25) is 0 Å². The van der Waals surface area contributed by atoms with Gasteiger partial charge in [-0.1, -0.05) is 42.5 Å². The van der Waals surface area contributed by atoms with E-state index in [9.17, 15) is 29.3 Å². The molecule has 3 amide bonds. The van der Waals surface area contributed by atoms with Gasteiger partial charge >= 0.3 is 5.97 Å². The van der Waals surface area contributed by atoms with E-state index in [0.29, 0.717) is 12.8 Å². The van der Waals surface area contributed by atoms with Gasteiger partial charge in [-0.05, 0) is 55.0 Å². The number of hydrogen-bond acceptors (Lipinski definition) is 7. The van der Waals surface area contributed by atoms with Gasteiger partial charge in [0.25, 0.3) is 11.6 Å². The Morgan fingerprint density at radius 1 is 0.923 bits per heavy atom. The molecule has 1 saturated carbocycles. The Bertz CT molecular complexity index is 1460. The van der Waals surface area contributed by atoms with Crippen molar-refractivity contribution in [3.63, 3.8) is 0 Å². The molecule has 0 aromatic heterocycles. The number of nitrogens with zero attached hydrogens (tertiary/aromatic N) is 2. The van der Waals surface area contributed by atoms with Gasteiger partial charge in [0.15, 0.2) is 6.61 Å². The fourth-order valence-corrected chi connectivity index (χ4v) is 5.34. The molecule has 0 bridgehead atoms. The minimum absolute atomic E-state index is 0.0771. The second-order valence-electron chi connectivity index (χ2n) is 9.63. The van der Waals surface area contributed by atoms with Gasteiger partial charge in [0, 0.05) is 17.8 Å². The summed E-state index contributed by atoms with van der Waals surface area (Å²) < 4.78 is 5.10. The number of carbonyl (C=O) groups is 4. The maximum absolute atomic E-state index is 13.4. The van der Waals surface area contributed by atoms with E-state index in [2.05, 4.69) is 5.32 Å². The highest BCUT2D eigenvalue weighted by molar-refractivity contribution is 6.22. The number of esters is 1. The van der Waals surface area contributed by atoms with E-state index in [1.54, 1.807) is 12.1 Å². The molecule has 0 spiro atoms. The predicted molar refractivity (Wildman–Crippen MR) is 141 cm³/mol. The van der Waals surface area contributed by atoms with Crippen LogP contribution in [0.15, 0.2) is 78.9 Å². The van der Waals surface area contributed by atoms with Crippen LogP contribution in [0.5, 0.6) is 0 Å². The van der Waals surface area contributed by atoms with Gasteiger partial charge in [-0.25, -0.2) is 4.79 Å². The van der Waals surface area contributed by atoms with Gasteiger partial charge in [-0.15, -0.1) is 0 Å². The fraction of sp³-hybridized carbons (Fsp3) is 0.241. The molecule has 1 heterocycles. The van der Waals surface area contributed by atoms with Crippen LogP contribution in [-0.2, 0) is 19.1 Å². The molecule has 198 valence electrons. The van der Waals surface area contributed by atoms with Crippen molar-refractivity contribution in [1.29, 1.82) is 0 Å². The third-order valence-corrected chi connectivity index (χ3v) is 7.21. The average molecular weight is 528 g/mol. The molecule has 1 N–H and O–H groups in total. The average Bonchev–Trinajstić information content (AvgIpc) is 3.21. The van der Waals surface area contributed by atoms with Gasteiger partial charge in [0.1, 0.15) is 0 Å². The second kappa shape index (κ2) is 10.9. The molecule has 3 aromatic rings. The molecule has 3 atom stereocenters. The van der Waals surface area contributed by atoms with E-state index >= 15 is 0 Å². The van der Waals surface area contributed by atoms with Crippen molar-refractivity contribution in [2.45, 2.75) is 25.2 Å². The molecule has 5 rings (SSSR count). The molecule has 1 aliphatic carbocycles. The number of ether oxygens (including phenoxy) is 1. The number of hydrogen-bond donors (Lipinski definition) is 1. The van der Waals surface area contributed by atoms with Crippen molar-refractivity contribution in [2.75, 3.05) is 16.8 Å². The lowest BCUT2D eigenvalue weighted by Gasteiger charge is -2.28. The van der Waals surface area contributed by atoms with E-state index in [0.717, 1.165) is 16.9 Å². The normalized spacial score (nSPS) is 20.3.